The summed E-state index contributed by atoms with van der Waals surface area (Å²) < 4.78 is 1.47. The van der Waals surface area contributed by atoms with Crippen LogP contribution in [0.3, 0.4) is 0 Å². The van der Waals surface area contributed by atoms with Crippen LogP contribution in [0.2, 0.25) is 0 Å². The molecule has 0 amide bonds. The molecule has 1 saturated carbocycles. The van der Waals surface area contributed by atoms with Crippen molar-refractivity contribution in [3.63, 3.8) is 0 Å². The first kappa shape index (κ1) is 12.7. The van der Waals surface area contributed by atoms with E-state index < -0.39 is 17.1 Å². The largest absolute Gasteiger partial charge is 0.478 e. The lowest BCUT2D eigenvalue weighted by molar-refractivity contribution is 0.0697. The number of rotatable bonds is 2. The third-order valence-electron chi connectivity index (χ3n) is 3.86. The summed E-state index contributed by atoms with van der Waals surface area (Å²) in [5.41, 5.74) is -0.178. The molecule has 1 fully saturated rings. The monoisotopic (exact) mass is 274 g/mol. The van der Waals surface area contributed by atoms with Gasteiger partial charge in [0, 0.05) is 6.04 Å². The maximum absolute atomic E-state index is 12.1. The van der Waals surface area contributed by atoms with Crippen LogP contribution in [0.25, 0.3) is 11.0 Å². The number of fused-ring (bicyclic) bond motifs is 1. The minimum atomic E-state index is -1.05. The number of hydrogen-bond donors (Lipinski definition) is 2. The number of benzene rings is 1. The Labute approximate surface area is 113 Å². The predicted molar refractivity (Wildman–Crippen MR) is 73.3 cm³/mol. The highest BCUT2D eigenvalue weighted by Gasteiger charge is 2.21. The summed E-state index contributed by atoms with van der Waals surface area (Å²) in [6.45, 7) is 0. The molecule has 104 valence electrons. The van der Waals surface area contributed by atoms with E-state index in [4.69, 9.17) is 5.11 Å². The van der Waals surface area contributed by atoms with Gasteiger partial charge in [-0.1, -0.05) is 12.8 Å². The first-order valence-electron chi connectivity index (χ1n) is 6.60. The summed E-state index contributed by atoms with van der Waals surface area (Å²) in [5, 5.41) is 9.07. The highest BCUT2D eigenvalue weighted by molar-refractivity contribution is 5.92. The molecule has 1 aromatic heterocycles. The quantitative estimate of drug-likeness (QED) is 0.812. The molecule has 0 radical (unpaired) electrons. The van der Waals surface area contributed by atoms with Crippen LogP contribution in [-0.4, -0.2) is 20.6 Å². The van der Waals surface area contributed by atoms with Crippen LogP contribution in [0.5, 0.6) is 0 Å². The van der Waals surface area contributed by atoms with E-state index in [2.05, 4.69) is 4.98 Å². The van der Waals surface area contributed by atoms with Gasteiger partial charge in [0.15, 0.2) is 0 Å². The van der Waals surface area contributed by atoms with Gasteiger partial charge in [-0.25, -0.2) is 4.79 Å². The maximum atomic E-state index is 12.1. The molecular formula is C14H14N2O4. The molecule has 0 unspecified atom stereocenters. The highest BCUT2D eigenvalue weighted by atomic mass is 16.4. The number of carboxylic acid groups (broad SMARTS) is 1. The van der Waals surface area contributed by atoms with Crippen LogP contribution in [0.1, 0.15) is 42.1 Å². The topological polar surface area (TPSA) is 92.2 Å². The Morgan fingerprint density at radius 2 is 1.95 bits per heavy atom. The van der Waals surface area contributed by atoms with E-state index in [-0.39, 0.29) is 11.6 Å². The van der Waals surface area contributed by atoms with E-state index in [1.165, 1.54) is 22.8 Å². The van der Waals surface area contributed by atoms with Crippen molar-refractivity contribution in [3.05, 3.63) is 44.5 Å². The van der Waals surface area contributed by atoms with E-state index in [0.29, 0.717) is 11.0 Å². The molecule has 1 heterocycles. The van der Waals surface area contributed by atoms with Crippen LogP contribution in [-0.2, 0) is 0 Å². The van der Waals surface area contributed by atoms with Gasteiger partial charge in [-0.05, 0) is 31.0 Å². The molecule has 0 bridgehead atoms. The van der Waals surface area contributed by atoms with Crippen LogP contribution >= 0.6 is 0 Å². The number of aromatic carboxylic acids is 1. The second-order valence-corrected chi connectivity index (χ2v) is 5.10. The second-order valence-electron chi connectivity index (χ2n) is 5.10. The van der Waals surface area contributed by atoms with Crippen LogP contribution in [0.15, 0.2) is 27.8 Å². The molecule has 6 nitrogen and oxygen atoms in total. The van der Waals surface area contributed by atoms with Gasteiger partial charge in [0.1, 0.15) is 0 Å². The maximum Gasteiger partial charge on any atom is 0.335 e. The van der Waals surface area contributed by atoms with Gasteiger partial charge in [-0.15, -0.1) is 0 Å². The first-order valence-corrected chi connectivity index (χ1v) is 6.60. The van der Waals surface area contributed by atoms with E-state index in [9.17, 15) is 14.4 Å². The molecular weight excluding hydrogens is 260 g/mol. The lowest BCUT2D eigenvalue weighted by Crippen LogP contribution is -2.37. The molecule has 1 aliphatic carbocycles. The van der Waals surface area contributed by atoms with Gasteiger partial charge in [0.05, 0.1) is 16.6 Å². The normalized spacial score (nSPS) is 15.8. The zero-order valence-electron chi connectivity index (χ0n) is 10.8. The average Bonchev–Trinajstić information content (AvgIpc) is 2.93. The number of nitrogens with zero attached hydrogens (tertiary/aromatic N) is 1. The molecule has 0 saturated heterocycles. The van der Waals surface area contributed by atoms with Gasteiger partial charge < -0.3 is 10.1 Å². The Morgan fingerprint density at radius 3 is 2.60 bits per heavy atom. The zero-order chi connectivity index (χ0) is 14.3. The molecule has 0 spiro atoms. The van der Waals surface area contributed by atoms with Crippen molar-refractivity contribution in [2.75, 3.05) is 0 Å². The van der Waals surface area contributed by atoms with E-state index >= 15 is 0 Å². The molecule has 2 aromatic rings. The number of H-pyrrole nitrogens is 1. The lowest BCUT2D eigenvalue weighted by atomic mass is 10.1. The van der Waals surface area contributed by atoms with E-state index in [1.807, 2.05) is 0 Å². The Hall–Kier alpha value is -2.37. The smallest absolute Gasteiger partial charge is 0.335 e. The summed E-state index contributed by atoms with van der Waals surface area (Å²) in [5.74, 6) is -1.05. The van der Waals surface area contributed by atoms with E-state index in [1.54, 1.807) is 0 Å². The molecule has 2 N–H and O–H groups in total. The van der Waals surface area contributed by atoms with Crippen molar-refractivity contribution < 1.29 is 9.90 Å². The SMILES string of the molecule is O=C(O)c1ccc2[nH]c(=O)c(=O)n(C3CCCC3)c2c1. The number of nitrogens with one attached hydrogen (secondary N) is 1. The van der Waals surface area contributed by atoms with E-state index in [0.717, 1.165) is 25.7 Å². The van der Waals surface area contributed by atoms with Gasteiger partial charge in [0.25, 0.3) is 0 Å². The summed E-state index contributed by atoms with van der Waals surface area (Å²) in [7, 11) is 0. The third-order valence-corrected chi connectivity index (χ3v) is 3.86. The molecule has 20 heavy (non-hydrogen) atoms. The van der Waals surface area contributed by atoms with Gasteiger partial charge >= 0.3 is 17.1 Å². The number of carbonyl (C=O) groups is 1. The van der Waals surface area contributed by atoms with Crippen LogP contribution in [0, 0.1) is 0 Å². The molecule has 1 aromatic carbocycles. The number of carboxylic acids is 1. The fraction of sp³-hybridized carbons (Fsp3) is 0.357. The van der Waals surface area contributed by atoms with Crippen molar-refractivity contribution in [1.82, 2.24) is 9.55 Å². The lowest BCUT2D eigenvalue weighted by Gasteiger charge is -2.16. The van der Waals surface area contributed by atoms with Crippen molar-refractivity contribution in [2.24, 2.45) is 0 Å². The molecule has 3 rings (SSSR count). The number of hydrogen-bond acceptors (Lipinski definition) is 3. The molecule has 0 aliphatic heterocycles. The fourth-order valence-corrected chi connectivity index (χ4v) is 2.89. The van der Waals surface area contributed by atoms with Gasteiger partial charge in [-0.3, -0.25) is 14.2 Å². The standard InChI is InChI=1S/C14H14N2O4/c17-12-13(18)16(9-3-1-2-4-9)11-7-8(14(19)20)5-6-10(11)15-12/h5-7,9H,1-4H2,(H,15,17)(H,19,20). The number of aromatic amines is 1. The van der Waals surface area contributed by atoms with Crippen molar-refractivity contribution in [3.8, 4) is 0 Å². The van der Waals surface area contributed by atoms with Crippen molar-refractivity contribution in [1.29, 1.82) is 0 Å². The summed E-state index contributed by atoms with van der Waals surface area (Å²) in [6, 6.07) is 4.39. The first-order chi connectivity index (χ1) is 9.58. The minimum absolute atomic E-state index is 0.0173. The van der Waals surface area contributed by atoms with Crippen LogP contribution in [0.4, 0.5) is 0 Å². The molecule has 6 heteroatoms. The van der Waals surface area contributed by atoms with Crippen LogP contribution < -0.4 is 11.1 Å². The predicted octanol–water partition coefficient (Wildman–Crippen LogP) is 1.50. The second kappa shape index (κ2) is 4.63. The molecule has 1 aliphatic rings. The highest BCUT2D eigenvalue weighted by Crippen LogP contribution is 2.30. The number of aromatic nitrogens is 2. The van der Waals surface area contributed by atoms with Crippen molar-refractivity contribution >= 4 is 17.0 Å². The third kappa shape index (κ3) is 1.93. The Morgan fingerprint density at radius 1 is 1.25 bits per heavy atom. The van der Waals surface area contributed by atoms with Crippen molar-refractivity contribution in [2.45, 2.75) is 31.7 Å². The minimum Gasteiger partial charge on any atom is -0.478 e. The Bertz CT molecular complexity index is 797. The summed E-state index contributed by atoms with van der Waals surface area (Å²) >= 11 is 0. The zero-order valence-corrected chi connectivity index (χ0v) is 10.8. The molecule has 0 atom stereocenters. The average molecular weight is 274 g/mol. The van der Waals surface area contributed by atoms with Gasteiger partial charge in [-0.2, -0.15) is 0 Å². The Kier molecular flexibility index (Phi) is 2.93. The fourth-order valence-electron chi connectivity index (χ4n) is 2.89. The summed E-state index contributed by atoms with van der Waals surface area (Å²) in [6.07, 6.45) is 3.72. The van der Waals surface area contributed by atoms with Gasteiger partial charge in [0.2, 0.25) is 0 Å². The summed E-state index contributed by atoms with van der Waals surface area (Å²) in [4.78, 5) is 37.4. The Balaban J connectivity index is 2.35.